The Morgan fingerprint density at radius 2 is 1.85 bits per heavy atom. The number of carbonyl (C=O) groups is 3. The Hall–Kier alpha value is -2.25. The number of aromatic nitrogens is 1. The van der Waals surface area contributed by atoms with Crippen LogP contribution in [0.25, 0.3) is 10.9 Å². The predicted molar refractivity (Wildman–Crippen MR) is 137 cm³/mol. The second-order valence-corrected chi connectivity index (χ2v) is 10.1. The summed E-state index contributed by atoms with van der Waals surface area (Å²) < 4.78 is 53.6. The topological polar surface area (TPSA) is 205 Å². The molecule has 0 spiro atoms. The van der Waals surface area contributed by atoms with E-state index >= 15 is 4.39 Å². The number of benzene rings is 1. The van der Waals surface area contributed by atoms with Crippen LogP contribution in [0.3, 0.4) is 0 Å². The Bertz CT molecular complexity index is 1560. The van der Waals surface area contributed by atoms with Crippen LogP contribution in [-0.2, 0) is 26.4 Å². The van der Waals surface area contributed by atoms with Crippen molar-refractivity contribution in [1.82, 2.24) is 13.8 Å². The number of hydrogen-bond donors (Lipinski definition) is 3. The number of primary amides is 1. The molecule has 3 heterocycles. The summed E-state index contributed by atoms with van der Waals surface area (Å²) in [6.45, 7) is 2.85. The molecule has 2 unspecified atom stereocenters. The number of carboxylic acids is 1. The summed E-state index contributed by atoms with van der Waals surface area (Å²) >= 11 is 0. The maximum Gasteiger partial charge on any atom is 1.00 e. The Balaban J connectivity index is 0.00000441. The summed E-state index contributed by atoms with van der Waals surface area (Å²) in [6, 6.07) is 0.0491. The number of anilines is 1. The van der Waals surface area contributed by atoms with Gasteiger partial charge in [0, 0.05) is 44.3 Å². The van der Waals surface area contributed by atoms with Gasteiger partial charge in [-0.1, -0.05) is 0 Å². The van der Waals surface area contributed by atoms with Crippen LogP contribution in [0.5, 0.6) is 0 Å². The largest absolute Gasteiger partial charge is 1.00 e. The molecule has 2 atom stereocenters. The smallest absolute Gasteiger partial charge is 1.00 e. The van der Waals surface area contributed by atoms with E-state index in [0.29, 0.717) is 38.2 Å². The molecule has 2 aliphatic rings. The van der Waals surface area contributed by atoms with Gasteiger partial charge in [0.25, 0.3) is 5.91 Å². The second kappa shape index (κ2) is 13.8. The molecule has 2 aromatic rings. The number of hydrogen-bond acceptors (Lipinski definition) is 9. The van der Waals surface area contributed by atoms with E-state index in [0.717, 1.165) is 6.07 Å². The number of carbonyl (C=O) groups excluding carboxylic acids is 2. The summed E-state index contributed by atoms with van der Waals surface area (Å²) in [5.74, 6) is -3.08. The third-order valence-electron chi connectivity index (χ3n) is 6.55. The number of nitrogens with two attached hydrogens (primary N) is 1. The molecule has 2 saturated heterocycles. The number of rotatable bonds is 8. The van der Waals surface area contributed by atoms with Crippen LogP contribution in [-0.4, -0.2) is 101 Å². The van der Waals surface area contributed by atoms with Gasteiger partial charge in [0.15, 0.2) is 6.04 Å². The summed E-state index contributed by atoms with van der Waals surface area (Å²) in [5.41, 5.74) is 4.30. The molecule has 2 amide bonds. The quantitative estimate of drug-likeness (QED) is 0.0837. The molecule has 1 aromatic carbocycles. The minimum atomic E-state index is -4.89. The van der Waals surface area contributed by atoms with Crippen molar-refractivity contribution in [2.75, 3.05) is 37.7 Å². The monoisotopic (exact) mass is 616 g/mol. The van der Waals surface area contributed by atoms with Gasteiger partial charge in [-0.2, -0.15) is 8.42 Å². The maximum atomic E-state index is 15.1. The van der Waals surface area contributed by atoms with Gasteiger partial charge in [-0.25, -0.2) is 18.3 Å². The molecule has 4 rings (SSSR count). The summed E-state index contributed by atoms with van der Waals surface area (Å²) in [6.07, 6.45) is 1.37. The van der Waals surface area contributed by atoms with E-state index in [1.807, 2.05) is 0 Å². The van der Waals surface area contributed by atoms with Crippen LogP contribution in [0.15, 0.2) is 28.1 Å². The Morgan fingerprint density at radius 1 is 1.22 bits per heavy atom. The maximum absolute atomic E-state index is 15.1. The number of fused-ring (bicyclic) bond motifs is 1. The Labute approximate surface area is 280 Å². The zero-order valence-corrected chi connectivity index (χ0v) is 27.4. The van der Waals surface area contributed by atoms with E-state index in [2.05, 4.69) is 9.73 Å². The third-order valence-corrected chi connectivity index (χ3v) is 7.49. The SMILES string of the molecule is CCn1cc(C(=O)O)c(=O)c2cc(F)c(N3CCN(C=NC4C(=O)N(S(=O)(=O)O)C4COC(N)=O)CC3)cc21.[H-].[H-].[Na+].[Na+]. The second-order valence-electron chi connectivity index (χ2n) is 8.83. The number of pyridine rings is 1. The third kappa shape index (κ3) is 7.22. The van der Waals surface area contributed by atoms with Gasteiger partial charge < -0.3 is 32.8 Å². The molecule has 2 fully saturated rings. The molecule has 19 heteroatoms. The van der Waals surface area contributed by atoms with Crippen molar-refractivity contribution >= 4 is 51.2 Å². The van der Waals surface area contributed by atoms with Crippen LogP contribution in [0.1, 0.15) is 20.1 Å². The van der Waals surface area contributed by atoms with Crippen LogP contribution in [0.4, 0.5) is 14.9 Å². The molecule has 0 aliphatic carbocycles. The standard InChI is InChI=1S/C22H25FN6O9S.2Na.2H/c1-2-27-9-13(21(32)33)19(30)12-7-14(23)16(8-15(12)27)28-5-3-26(4-6-28)11-25-18-17(10-38-22(24)34)29(20(18)31)39(35,36)37;;;;/h7-9,11,17-18H,2-6,10H2,1H3,(H2,24,34)(H,32,33)(H,35,36,37);;;;/q;2*+1;2*-1. The number of carboxylic acid groups (broad SMARTS) is 1. The van der Waals surface area contributed by atoms with E-state index in [-0.39, 0.29) is 77.3 Å². The van der Waals surface area contributed by atoms with E-state index in [9.17, 15) is 37.3 Å². The molecule has 1 aromatic heterocycles. The molecule has 2 aliphatic heterocycles. The molecular weight excluding hydrogens is 589 g/mol. The fourth-order valence-electron chi connectivity index (χ4n) is 4.58. The molecule has 214 valence electrons. The average molecular weight is 617 g/mol. The number of aliphatic imine (C=N–C) groups is 1. The van der Waals surface area contributed by atoms with Gasteiger partial charge in [0.05, 0.1) is 17.5 Å². The number of amides is 2. The summed E-state index contributed by atoms with van der Waals surface area (Å²) in [7, 11) is -4.89. The van der Waals surface area contributed by atoms with Gasteiger partial charge in [0.2, 0.25) is 5.43 Å². The van der Waals surface area contributed by atoms with Gasteiger partial charge >= 0.3 is 81.5 Å². The molecular formula is C22H27FN6Na2O9S. The molecule has 41 heavy (non-hydrogen) atoms. The number of β-lactam (4-membered cyclic amide) rings is 1. The first-order chi connectivity index (χ1) is 18.3. The number of ether oxygens (including phenoxy) is 1. The first-order valence-corrected chi connectivity index (χ1v) is 13.1. The molecule has 0 saturated carbocycles. The van der Waals surface area contributed by atoms with Crippen molar-refractivity contribution in [3.63, 3.8) is 0 Å². The first-order valence-electron chi connectivity index (χ1n) is 11.7. The van der Waals surface area contributed by atoms with Crippen molar-refractivity contribution in [2.24, 2.45) is 10.7 Å². The van der Waals surface area contributed by atoms with Gasteiger partial charge in [-0.05, 0) is 19.1 Å². The molecule has 0 radical (unpaired) electrons. The van der Waals surface area contributed by atoms with Crippen molar-refractivity contribution in [3.8, 4) is 0 Å². The van der Waals surface area contributed by atoms with E-state index in [4.69, 9.17) is 5.73 Å². The normalized spacial score (nSPS) is 19.0. The zero-order valence-electron chi connectivity index (χ0n) is 24.6. The Kier molecular flexibility index (Phi) is 11.8. The molecule has 4 N–H and O–H groups in total. The zero-order chi connectivity index (χ0) is 28.6. The van der Waals surface area contributed by atoms with Gasteiger partial charge in [0.1, 0.15) is 24.0 Å². The molecule has 0 bridgehead atoms. The first kappa shape index (κ1) is 34.9. The molecule has 15 nitrogen and oxygen atoms in total. The van der Waals surface area contributed by atoms with Crippen molar-refractivity contribution in [1.29, 1.82) is 0 Å². The average Bonchev–Trinajstić information content (AvgIpc) is 2.86. The van der Waals surface area contributed by atoms with Crippen molar-refractivity contribution in [3.05, 3.63) is 39.9 Å². The van der Waals surface area contributed by atoms with Crippen molar-refractivity contribution < 1.29 is 104 Å². The van der Waals surface area contributed by atoms with Crippen LogP contribution in [0.2, 0.25) is 0 Å². The van der Waals surface area contributed by atoms with Gasteiger partial charge in [-0.3, -0.25) is 19.1 Å². The minimum Gasteiger partial charge on any atom is -1.00 e. The number of nitrogens with zero attached hydrogens (tertiary/aromatic N) is 5. The van der Waals surface area contributed by atoms with Gasteiger partial charge in [-0.15, -0.1) is 0 Å². The van der Waals surface area contributed by atoms with E-state index in [1.165, 1.54) is 18.6 Å². The van der Waals surface area contributed by atoms with Crippen LogP contribution < -0.4 is 75.2 Å². The minimum absolute atomic E-state index is 0. The predicted octanol–water partition coefficient (Wildman–Crippen LogP) is -6.28. The fraction of sp³-hybridized carbons (Fsp3) is 0.409. The number of aromatic carboxylic acids is 1. The summed E-state index contributed by atoms with van der Waals surface area (Å²) in [5, 5.41) is 9.27. The number of aryl methyl sites for hydroxylation is 1. The fourth-order valence-corrected chi connectivity index (χ4v) is 5.43. The van der Waals surface area contributed by atoms with Crippen molar-refractivity contribution in [2.45, 2.75) is 25.6 Å². The van der Waals surface area contributed by atoms with Crippen LogP contribution in [0, 0.1) is 5.82 Å². The Morgan fingerprint density at radius 3 is 2.39 bits per heavy atom. The van der Waals surface area contributed by atoms with E-state index < -0.39 is 63.8 Å². The number of piperazine rings is 1. The van der Waals surface area contributed by atoms with Crippen LogP contribution >= 0.6 is 0 Å². The number of halogens is 1. The van der Waals surface area contributed by atoms with E-state index in [1.54, 1.807) is 21.3 Å². The summed E-state index contributed by atoms with van der Waals surface area (Å²) in [4.78, 5) is 54.7.